The van der Waals surface area contributed by atoms with Crippen LogP contribution in [0.3, 0.4) is 0 Å². The Labute approximate surface area is 99.7 Å². The Bertz CT molecular complexity index is 460. The molecule has 1 rings (SSSR count). The average Bonchev–Trinajstić information content (AvgIpc) is 2.28. The standard InChI is InChI=1S/C13H14FNO2/c1-2-4-13(17)15-11-7-6-10(5-3-8-16)12(14)9-11/h6-7,9,16H,2,4,8H2,1H3,(H,15,17). The molecular formula is C13H14FNO2. The van der Waals surface area contributed by atoms with Crippen LogP contribution in [0.5, 0.6) is 0 Å². The van der Waals surface area contributed by atoms with Gasteiger partial charge in [-0.1, -0.05) is 18.8 Å². The van der Waals surface area contributed by atoms with Crippen molar-refractivity contribution >= 4 is 11.6 Å². The van der Waals surface area contributed by atoms with E-state index in [1.807, 2.05) is 6.92 Å². The molecule has 0 aliphatic heterocycles. The van der Waals surface area contributed by atoms with Crippen LogP contribution in [-0.4, -0.2) is 17.6 Å². The van der Waals surface area contributed by atoms with Crippen molar-refractivity contribution in [1.29, 1.82) is 0 Å². The number of anilines is 1. The van der Waals surface area contributed by atoms with Crippen molar-refractivity contribution in [3.8, 4) is 11.8 Å². The third kappa shape index (κ3) is 4.25. The fraction of sp³-hybridized carbons (Fsp3) is 0.308. The normalized spacial score (nSPS) is 9.35. The molecule has 0 unspecified atom stereocenters. The Kier molecular flexibility index (Phi) is 5.18. The number of amides is 1. The fourth-order valence-corrected chi connectivity index (χ4v) is 1.28. The highest BCUT2D eigenvalue weighted by atomic mass is 19.1. The van der Waals surface area contributed by atoms with Gasteiger partial charge in [-0.2, -0.15) is 0 Å². The van der Waals surface area contributed by atoms with E-state index in [1.54, 1.807) is 6.07 Å². The number of carbonyl (C=O) groups excluding carboxylic acids is 1. The first kappa shape index (κ1) is 13.2. The van der Waals surface area contributed by atoms with Crippen molar-refractivity contribution in [2.24, 2.45) is 0 Å². The Morgan fingerprint density at radius 3 is 2.88 bits per heavy atom. The molecule has 0 aliphatic rings. The van der Waals surface area contributed by atoms with Crippen molar-refractivity contribution in [3.63, 3.8) is 0 Å². The highest BCUT2D eigenvalue weighted by Gasteiger charge is 2.04. The Morgan fingerprint density at radius 1 is 1.53 bits per heavy atom. The van der Waals surface area contributed by atoms with Gasteiger partial charge in [0.25, 0.3) is 0 Å². The third-order valence-electron chi connectivity index (χ3n) is 2.03. The monoisotopic (exact) mass is 235 g/mol. The van der Waals surface area contributed by atoms with Gasteiger partial charge in [-0.3, -0.25) is 4.79 Å². The van der Waals surface area contributed by atoms with E-state index < -0.39 is 5.82 Å². The quantitative estimate of drug-likeness (QED) is 0.786. The fourth-order valence-electron chi connectivity index (χ4n) is 1.28. The lowest BCUT2D eigenvalue weighted by atomic mass is 10.2. The summed E-state index contributed by atoms with van der Waals surface area (Å²) in [4.78, 5) is 11.3. The van der Waals surface area contributed by atoms with Gasteiger partial charge in [0.05, 0.1) is 5.56 Å². The zero-order valence-corrected chi connectivity index (χ0v) is 9.59. The predicted molar refractivity (Wildman–Crippen MR) is 63.9 cm³/mol. The van der Waals surface area contributed by atoms with Gasteiger partial charge in [-0.05, 0) is 24.6 Å². The van der Waals surface area contributed by atoms with Crippen LogP contribution in [0.4, 0.5) is 10.1 Å². The zero-order chi connectivity index (χ0) is 12.7. The lowest BCUT2D eigenvalue weighted by Crippen LogP contribution is -2.10. The summed E-state index contributed by atoms with van der Waals surface area (Å²) in [6, 6.07) is 4.27. The molecule has 0 heterocycles. The molecule has 0 radical (unpaired) electrons. The molecule has 1 aromatic carbocycles. The van der Waals surface area contributed by atoms with Crippen molar-refractivity contribution in [2.75, 3.05) is 11.9 Å². The summed E-state index contributed by atoms with van der Waals surface area (Å²) in [6.45, 7) is 1.59. The zero-order valence-electron chi connectivity index (χ0n) is 9.59. The minimum atomic E-state index is -0.514. The maximum atomic E-state index is 13.5. The van der Waals surface area contributed by atoms with Crippen LogP contribution >= 0.6 is 0 Å². The van der Waals surface area contributed by atoms with Crippen molar-refractivity contribution in [2.45, 2.75) is 19.8 Å². The SMILES string of the molecule is CCCC(=O)Nc1ccc(C#CCO)c(F)c1. The number of rotatable bonds is 3. The van der Waals surface area contributed by atoms with E-state index in [0.717, 1.165) is 6.42 Å². The van der Waals surface area contributed by atoms with E-state index in [4.69, 9.17) is 5.11 Å². The minimum absolute atomic E-state index is 0.138. The molecule has 0 bridgehead atoms. The lowest BCUT2D eigenvalue weighted by Gasteiger charge is -2.04. The molecule has 0 fully saturated rings. The molecule has 3 nitrogen and oxygen atoms in total. The summed E-state index contributed by atoms with van der Waals surface area (Å²) < 4.78 is 13.5. The molecular weight excluding hydrogens is 221 g/mol. The number of aliphatic hydroxyl groups is 1. The lowest BCUT2D eigenvalue weighted by molar-refractivity contribution is -0.116. The smallest absolute Gasteiger partial charge is 0.224 e. The van der Waals surface area contributed by atoms with Gasteiger partial charge in [-0.15, -0.1) is 0 Å². The second-order valence-corrected chi connectivity index (χ2v) is 3.45. The molecule has 0 saturated heterocycles. The number of hydrogen-bond acceptors (Lipinski definition) is 2. The van der Waals surface area contributed by atoms with Gasteiger partial charge in [-0.25, -0.2) is 4.39 Å². The van der Waals surface area contributed by atoms with Gasteiger partial charge >= 0.3 is 0 Å². The molecule has 0 saturated carbocycles. The van der Waals surface area contributed by atoms with Gasteiger partial charge in [0.2, 0.25) is 5.91 Å². The summed E-state index contributed by atoms with van der Waals surface area (Å²) in [5.74, 6) is 4.19. The van der Waals surface area contributed by atoms with Crippen molar-refractivity contribution in [3.05, 3.63) is 29.6 Å². The van der Waals surface area contributed by atoms with E-state index in [9.17, 15) is 9.18 Å². The van der Waals surface area contributed by atoms with Crippen LogP contribution in [0.2, 0.25) is 0 Å². The van der Waals surface area contributed by atoms with Gasteiger partial charge < -0.3 is 10.4 Å². The molecule has 0 aromatic heterocycles. The van der Waals surface area contributed by atoms with Crippen molar-refractivity contribution < 1.29 is 14.3 Å². The first-order valence-electron chi connectivity index (χ1n) is 5.36. The van der Waals surface area contributed by atoms with Crippen LogP contribution in [0, 0.1) is 17.7 Å². The highest BCUT2D eigenvalue weighted by Crippen LogP contribution is 2.14. The largest absolute Gasteiger partial charge is 0.384 e. The minimum Gasteiger partial charge on any atom is -0.384 e. The van der Waals surface area contributed by atoms with Gasteiger partial charge in [0.15, 0.2) is 0 Å². The Hall–Kier alpha value is -1.86. The maximum Gasteiger partial charge on any atom is 0.224 e. The predicted octanol–water partition coefficient (Wildman–Crippen LogP) is 1.91. The molecule has 0 spiro atoms. The van der Waals surface area contributed by atoms with E-state index in [1.165, 1.54) is 12.1 Å². The average molecular weight is 235 g/mol. The Balaban J connectivity index is 2.78. The number of aliphatic hydroxyl groups excluding tert-OH is 1. The topological polar surface area (TPSA) is 49.3 Å². The van der Waals surface area contributed by atoms with Crippen LogP contribution < -0.4 is 5.32 Å². The maximum absolute atomic E-state index is 13.5. The number of hydrogen-bond donors (Lipinski definition) is 2. The molecule has 1 amide bonds. The first-order valence-corrected chi connectivity index (χ1v) is 5.36. The number of halogens is 1. The van der Waals surface area contributed by atoms with E-state index in [2.05, 4.69) is 17.2 Å². The number of nitrogens with one attached hydrogen (secondary N) is 1. The summed E-state index contributed by atoms with van der Waals surface area (Å²) >= 11 is 0. The Morgan fingerprint density at radius 2 is 2.29 bits per heavy atom. The van der Waals surface area contributed by atoms with Crippen LogP contribution in [0.1, 0.15) is 25.3 Å². The van der Waals surface area contributed by atoms with Crippen LogP contribution in [0.25, 0.3) is 0 Å². The van der Waals surface area contributed by atoms with E-state index >= 15 is 0 Å². The number of carbonyl (C=O) groups is 1. The third-order valence-corrected chi connectivity index (χ3v) is 2.03. The highest BCUT2D eigenvalue weighted by molar-refractivity contribution is 5.90. The second kappa shape index (κ2) is 6.66. The summed E-state index contributed by atoms with van der Waals surface area (Å²) in [5.41, 5.74) is 0.614. The molecule has 2 N–H and O–H groups in total. The van der Waals surface area contributed by atoms with Crippen molar-refractivity contribution in [1.82, 2.24) is 0 Å². The molecule has 0 atom stereocenters. The molecule has 4 heteroatoms. The van der Waals surface area contributed by atoms with E-state index in [-0.39, 0.29) is 18.1 Å². The second-order valence-electron chi connectivity index (χ2n) is 3.45. The van der Waals surface area contributed by atoms with Gasteiger partial charge in [0, 0.05) is 12.1 Å². The first-order chi connectivity index (χ1) is 8.17. The molecule has 1 aromatic rings. The molecule has 0 aliphatic carbocycles. The summed E-state index contributed by atoms with van der Waals surface area (Å²) in [6.07, 6.45) is 1.15. The molecule has 90 valence electrons. The van der Waals surface area contributed by atoms with Gasteiger partial charge in [0.1, 0.15) is 12.4 Å². The molecule has 17 heavy (non-hydrogen) atoms. The van der Waals surface area contributed by atoms with E-state index in [0.29, 0.717) is 12.1 Å². The van der Waals surface area contributed by atoms with Crippen LogP contribution in [-0.2, 0) is 4.79 Å². The number of benzene rings is 1. The summed E-state index contributed by atoms with van der Waals surface area (Å²) in [7, 11) is 0. The van der Waals surface area contributed by atoms with Crippen LogP contribution in [0.15, 0.2) is 18.2 Å². The summed E-state index contributed by atoms with van der Waals surface area (Å²) in [5, 5.41) is 11.1.